The van der Waals surface area contributed by atoms with E-state index in [1.165, 1.54) is 0 Å². The van der Waals surface area contributed by atoms with Crippen molar-refractivity contribution in [2.75, 3.05) is 6.61 Å². The van der Waals surface area contributed by atoms with E-state index in [4.69, 9.17) is 16.3 Å². The van der Waals surface area contributed by atoms with Gasteiger partial charge >= 0.3 is 5.97 Å². The Balaban J connectivity index is 2.43. The van der Waals surface area contributed by atoms with Crippen LogP contribution in [-0.4, -0.2) is 27.8 Å². The molecule has 4 N–H and O–H groups in total. The van der Waals surface area contributed by atoms with Crippen molar-refractivity contribution in [2.24, 2.45) is 16.7 Å². The lowest BCUT2D eigenvalue weighted by molar-refractivity contribution is 0.0520. The van der Waals surface area contributed by atoms with E-state index in [9.17, 15) is 4.79 Å². The fraction of sp³-hybridized carbons (Fsp3) is 0.182. The summed E-state index contributed by atoms with van der Waals surface area (Å²) >= 11 is 0. The predicted octanol–water partition coefficient (Wildman–Crippen LogP) is 0.0900. The van der Waals surface area contributed by atoms with E-state index in [0.717, 1.165) is 0 Å². The topological polar surface area (TPSA) is 108 Å². The second kappa shape index (κ2) is 4.74. The number of hydrogen-bond acceptors (Lipinski definition) is 5. The Morgan fingerprint density at radius 3 is 2.94 bits per heavy atom. The Hall–Kier alpha value is -2.57. The molecule has 2 aromatic rings. The first-order chi connectivity index (χ1) is 8.65. The number of nitrogens with zero attached hydrogens (tertiary/aromatic N) is 3. The van der Waals surface area contributed by atoms with Crippen molar-refractivity contribution in [3.8, 4) is 0 Å². The van der Waals surface area contributed by atoms with Gasteiger partial charge < -0.3 is 20.7 Å². The molecule has 18 heavy (non-hydrogen) atoms. The zero-order valence-electron chi connectivity index (χ0n) is 9.83. The maximum absolute atomic E-state index is 11.5. The number of rotatable bonds is 3. The normalized spacial score (nSPS) is 11.7. The number of hydrogen-bond donors (Lipinski definition) is 2. The summed E-state index contributed by atoms with van der Waals surface area (Å²) in [4.78, 5) is 15.7. The summed E-state index contributed by atoms with van der Waals surface area (Å²) in [6.07, 6.45) is 3.26. The van der Waals surface area contributed by atoms with Crippen molar-refractivity contribution in [3.63, 3.8) is 0 Å². The van der Waals surface area contributed by atoms with E-state index in [1.807, 2.05) is 0 Å². The van der Waals surface area contributed by atoms with Gasteiger partial charge in [-0.05, 0) is 19.1 Å². The first kappa shape index (κ1) is 11.9. The van der Waals surface area contributed by atoms with E-state index >= 15 is 0 Å². The molecule has 0 unspecified atom stereocenters. The van der Waals surface area contributed by atoms with Crippen LogP contribution in [0.4, 0.5) is 0 Å². The molecule has 0 fully saturated rings. The molecule has 0 amide bonds. The van der Waals surface area contributed by atoms with Crippen LogP contribution >= 0.6 is 0 Å². The smallest absolute Gasteiger partial charge is 0.358 e. The van der Waals surface area contributed by atoms with E-state index in [0.29, 0.717) is 17.8 Å². The average Bonchev–Trinajstić information content (AvgIpc) is 2.80. The molecule has 0 atom stereocenters. The molecule has 0 aliphatic carbocycles. The lowest BCUT2D eigenvalue weighted by Gasteiger charge is -1.99. The second-order valence-electron chi connectivity index (χ2n) is 3.54. The summed E-state index contributed by atoms with van der Waals surface area (Å²) in [6.45, 7) is 2.05. The minimum absolute atomic E-state index is 0.211. The van der Waals surface area contributed by atoms with E-state index in [2.05, 4.69) is 10.1 Å². The van der Waals surface area contributed by atoms with Crippen LogP contribution in [0.5, 0.6) is 0 Å². The zero-order valence-corrected chi connectivity index (χ0v) is 9.83. The third-order valence-electron chi connectivity index (χ3n) is 2.37. The van der Waals surface area contributed by atoms with Gasteiger partial charge in [-0.3, -0.25) is 0 Å². The number of pyridine rings is 1. The number of ether oxygens (including phenoxy) is 1. The molecule has 7 nitrogen and oxygen atoms in total. The SMILES string of the molecule is CCOC(=O)c1cn2cc(C(N)=NN)ccc2n1. The quantitative estimate of drug-likeness (QED) is 0.263. The molecule has 0 aliphatic rings. The molecule has 7 heteroatoms. The number of amidine groups is 1. The van der Waals surface area contributed by atoms with Gasteiger partial charge in [-0.15, -0.1) is 0 Å². The molecule has 0 saturated heterocycles. The van der Waals surface area contributed by atoms with Crippen molar-refractivity contribution >= 4 is 17.5 Å². The lowest BCUT2D eigenvalue weighted by Crippen LogP contribution is -2.15. The average molecular weight is 247 g/mol. The van der Waals surface area contributed by atoms with Gasteiger partial charge in [0.05, 0.1) is 6.61 Å². The number of fused-ring (bicyclic) bond motifs is 1. The second-order valence-corrected chi connectivity index (χ2v) is 3.54. The van der Waals surface area contributed by atoms with Gasteiger partial charge in [0.15, 0.2) is 11.5 Å². The summed E-state index contributed by atoms with van der Waals surface area (Å²) in [7, 11) is 0. The summed E-state index contributed by atoms with van der Waals surface area (Å²) in [5, 5.41) is 3.41. The standard InChI is InChI=1S/C11H13N5O2/c1-2-18-11(17)8-6-16-5-7(10(12)15-13)3-4-9(16)14-8/h3-6H,2,13H2,1H3,(H2,12,15). The van der Waals surface area contributed by atoms with Crippen molar-refractivity contribution in [2.45, 2.75) is 6.92 Å². The van der Waals surface area contributed by atoms with Crippen LogP contribution in [0.1, 0.15) is 23.0 Å². The molecule has 0 bridgehead atoms. The first-order valence-corrected chi connectivity index (χ1v) is 5.35. The minimum atomic E-state index is -0.455. The summed E-state index contributed by atoms with van der Waals surface area (Å²) < 4.78 is 6.54. The molecule has 2 rings (SSSR count). The number of aromatic nitrogens is 2. The van der Waals surface area contributed by atoms with Crippen LogP contribution in [0.2, 0.25) is 0 Å². The Bertz CT molecular complexity index is 617. The van der Waals surface area contributed by atoms with Gasteiger partial charge in [-0.25, -0.2) is 9.78 Å². The Kier molecular flexibility index (Phi) is 3.13. The first-order valence-electron chi connectivity index (χ1n) is 5.35. The van der Waals surface area contributed by atoms with Gasteiger partial charge in [-0.2, -0.15) is 5.10 Å². The van der Waals surface area contributed by atoms with Crippen LogP contribution in [0.3, 0.4) is 0 Å². The van der Waals surface area contributed by atoms with Crippen molar-refractivity contribution in [1.29, 1.82) is 0 Å². The molecule has 0 spiro atoms. The summed E-state index contributed by atoms with van der Waals surface area (Å²) in [5.74, 6) is 4.86. The van der Waals surface area contributed by atoms with Crippen molar-refractivity contribution in [3.05, 3.63) is 35.8 Å². The summed E-state index contributed by atoms with van der Waals surface area (Å²) in [6, 6.07) is 3.44. The predicted molar refractivity (Wildman–Crippen MR) is 66.1 cm³/mol. The van der Waals surface area contributed by atoms with E-state index in [-0.39, 0.29) is 11.5 Å². The highest BCUT2D eigenvalue weighted by atomic mass is 16.5. The van der Waals surface area contributed by atoms with Crippen molar-refractivity contribution in [1.82, 2.24) is 9.38 Å². The maximum atomic E-state index is 11.5. The highest BCUT2D eigenvalue weighted by molar-refractivity contribution is 5.97. The number of nitrogens with two attached hydrogens (primary N) is 2. The third kappa shape index (κ3) is 2.10. The zero-order chi connectivity index (χ0) is 13.1. The molecule has 0 saturated carbocycles. The number of carbonyl (C=O) groups excluding carboxylic acids is 1. The van der Waals surface area contributed by atoms with Crippen LogP contribution in [-0.2, 0) is 4.74 Å². The lowest BCUT2D eigenvalue weighted by atomic mass is 10.2. The number of carbonyl (C=O) groups is 1. The number of hydrazone groups is 1. The fourth-order valence-electron chi connectivity index (χ4n) is 1.52. The van der Waals surface area contributed by atoms with Crippen LogP contribution in [0, 0.1) is 0 Å². The van der Waals surface area contributed by atoms with Gasteiger partial charge in [0.25, 0.3) is 0 Å². The van der Waals surface area contributed by atoms with E-state index < -0.39 is 5.97 Å². The molecule has 0 aromatic carbocycles. The number of esters is 1. The van der Waals surface area contributed by atoms with Crippen LogP contribution in [0.15, 0.2) is 29.6 Å². The van der Waals surface area contributed by atoms with Crippen LogP contribution in [0.25, 0.3) is 5.65 Å². The largest absolute Gasteiger partial charge is 0.461 e. The molecule has 2 aromatic heterocycles. The van der Waals surface area contributed by atoms with Gasteiger partial charge in [0.2, 0.25) is 0 Å². The van der Waals surface area contributed by atoms with E-state index in [1.54, 1.807) is 35.9 Å². The fourth-order valence-corrected chi connectivity index (χ4v) is 1.52. The van der Waals surface area contributed by atoms with Gasteiger partial charge in [0, 0.05) is 18.0 Å². The molecule has 0 aliphatic heterocycles. The molecular weight excluding hydrogens is 234 g/mol. The highest BCUT2D eigenvalue weighted by Crippen LogP contribution is 2.08. The maximum Gasteiger partial charge on any atom is 0.358 e. The summed E-state index contributed by atoms with van der Waals surface area (Å²) in [5.41, 5.74) is 7.11. The molecule has 0 radical (unpaired) electrons. The van der Waals surface area contributed by atoms with Crippen LogP contribution < -0.4 is 11.6 Å². The monoisotopic (exact) mass is 247 g/mol. The Morgan fingerprint density at radius 1 is 1.50 bits per heavy atom. The number of imidazole rings is 1. The van der Waals surface area contributed by atoms with Gasteiger partial charge in [0.1, 0.15) is 5.65 Å². The van der Waals surface area contributed by atoms with Crippen molar-refractivity contribution < 1.29 is 9.53 Å². The molecule has 2 heterocycles. The highest BCUT2D eigenvalue weighted by Gasteiger charge is 2.12. The molecular formula is C11H13N5O2. The Morgan fingerprint density at radius 2 is 2.28 bits per heavy atom. The minimum Gasteiger partial charge on any atom is -0.461 e. The Labute approximate surface area is 103 Å². The third-order valence-corrected chi connectivity index (χ3v) is 2.37. The molecule has 94 valence electrons. The van der Waals surface area contributed by atoms with Gasteiger partial charge in [-0.1, -0.05) is 0 Å².